The number of aromatic amines is 2. The van der Waals surface area contributed by atoms with Crippen molar-refractivity contribution in [2.45, 2.75) is 13.3 Å². The number of anilines is 1. The highest BCUT2D eigenvalue weighted by atomic mass is 32.1. The molecule has 9 nitrogen and oxygen atoms in total. The number of rotatable bonds is 8. The number of fused-ring (bicyclic) bond motifs is 1. The zero-order valence-corrected chi connectivity index (χ0v) is 18.0. The van der Waals surface area contributed by atoms with Crippen molar-refractivity contribution in [2.24, 2.45) is 0 Å². The van der Waals surface area contributed by atoms with Crippen LogP contribution in [0.25, 0.3) is 32.2 Å². The topological polar surface area (TPSA) is 122 Å². The maximum atomic E-state index is 11.4. The smallest absolute Gasteiger partial charge is 0.439 e. The Kier molecular flexibility index (Phi) is 5.42. The largest absolute Gasteiger partial charge is 0.492 e. The minimum atomic E-state index is -0.610. The van der Waals surface area contributed by atoms with Gasteiger partial charge in [-0.05, 0) is 42.5 Å². The van der Waals surface area contributed by atoms with E-state index in [1.54, 1.807) is 0 Å². The van der Waals surface area contributed by atoms with Gasteiger partial charge in [0.15, 0.2) is 5.82 Å². The monoisotopic (exact) mass is 448 g/mol. The van der Waals surface area contributed by atoms with E-state index in [1.807, 2.05) is 25.3 Å². The summed E-state index contributed by atoms with van der Waals surface area (Å²) in [6.07, 6.45) is 4.35. The van der Waals surface area contributed by atoms with Crippen LogP contribution < -0.4 is 15.8 Å². The molecule has 32 heavy (non-hydrogen) atoms. The fourth-order valence-electron chi connectivity index (χ4n) is 3.44. The fraction of sp³-hybridized carbons (Fsp3) is 0.182. The third kappa shape index (κ3) is 4.12. The maximum Gasteiger partial charge on any atom is 0.439 e. The van der Waals surface area contributed by atoms with E-state index >= 15 is 0 Å². The number of benzene rings is 1. The van der Waals surface area contributed by atoms with Crippen LogP contribution in [0, 0.1) is 0 Å². The first-order chi connectivity index (χ1) is 15.7. The van der Waals surface area contributed by atoms with Crippen molar-refractivity contribution in [2.75, 3.05) is 18.5 Å². The van der Waals surface area contributed by atoms with Gasteiger partial charge >= 0.3 is 5.76 Å². The second-order valence-electron chi connectivity index (χ2n) is 7.05. The standard InChI is InChI=1S/C22H20N6O3S/c1-2-30-17-11-18(32-20(17)21-27-22(29)31-28-21)16-10-19(26-12-25-16)24-7-5-13-3-4-15-14(9-13)6-8-23-15/h3-4,6,8-12,23H,2,5,7H2,1H3,(H,24,25,26)(H,27,28,29). The number of ether oxygens (including phenoxy) is 1. The number of nitrogens with one attached hydrogen (secondary N) is 3. The van der Waals surface area contributed by atoms with Gasteiger partial charge in [0.05, 0.1) is 17.2 Å². The minimum Gasteiger partial charge on any atom is -0.492 e. The molecule has 0 aliphatic carbocycles. The van der Waals surface area contributed by atoms with E-state index in [-0.39, 0.29) is 0 Å². The van der Waals surface area contributed by atoms with Crippen molar-refractivity contribution in [1.82, 2.24) is 25.1 Å². The Labute approximate surface area is 186 Å². The Hall–Kier alpha value is -3.92. The molecule has 0 aliphatic heterocycles. The summed E-state index contributed by atoms with van der Waals surface area (Å²) < 4.78 is 10.4. The first-order valence-corrected chi connectivity index (χ1v) is 11.0. The molecule has 0 saturated carbocycles. The van der Waals surface area contributed by atoms with E-state index in [0.717, 1.165) is 34.9 Å². The molecule has 5 aromatic rings. The second kappa shape index (κ2) is 8.67. The SMILES string of the molecule is CCOc1cc(-c2cc(NCCc3ccc4[nH]ccc4c3)ncn2)sc1-c1noc(=O)[nH]1. The number of hydrogen-bond acceptors (Lipinski definition) is 8. The molecular weight excluding hydrogens is 428 g/mol. The predicted molar refractivity (Wildman–Crippen MR) is 123 cm³/mol. The van der Waals surface area contributed by atoms with Gasteiger partial charge in [0.25, 0.3) is 0 Å². The van der Waals surface area contributed by atoms with Crippen LogP contribution in [0.3, 0.4) is 0 Å². The van der Waals surface area contributed by atoms with Gasteiger partial charge in [0.1, 0.15) is 22.8 Å². The quantitative estimate of drug-likeness (QED) is 0.327. The third-order valence-electron chi connectivity index (χ3n) is 4.91. The molecule has 4 heterocycles. The minimum absolute atomic E-state index is 0.335. The maximum absolute atomic E-state index is 11.4. The molecule has 0 spiro atoms. The highest BCUT2D eigenvalue weighted by Gasteiger charge is 2.18. The first-order valence-electron chi connectivity index (χ1n) is 10.1. The normalized spacial score (nSPS) is 11.2. The highest BCUT2D eigenvalue weighted by Crippen LogP contribution is 2.41. The van der Waals surface area contributed by atoms with Gasteiger partial charge in [-0.2, -0.15) is 0 Å². The Morgan fingerprint density at radius 2 is 2.12 bits per heavy atom. The first kappa shape index (κ1) is 20.0. The summed E-state index contributed by atoms with van der Waals surface area (Å²) in [4.78, 5) is 27.4. The third-order valence-corrected chi connectivity index (χ3v) is 6.06. The van der Waals surface area contributed by atoms with Crippen LogP contribution >= 0.6 is 11.3 Å². The van der Waals surface area contributed by atoms with Gasteiger partial charge < -0.3 is 15.0 Å². The van der Waals surface area contributed by atoms with Gasteiger partial charge in [0, 0.05) is 30.4 Å². The highest BCUT2D eigenvalue weighted by molar-refractivity contribution is 7.19. The Bertz CT molecular complexity index is 1420. The number of nitrogens with zero attached hydrogens (tertiary/aromatic N) is 3. The van der Waals surface area contributed by atoms with Gasteiger partial charge in [-0.15, -0.1) is 11.3 Å². The van der Waals surface area contributed by atoms with Gasteiger partial charge in [-0.25, -0.2) is 14.8 Å². The number of aromatic nitrogens is 5. The average Bonchev–Trinajstić information content (AvgIpc) is 3.53. The molecule has 4 aromatic heterocycles. The van der Waals surface area contributed by atoms with Crippen LogP contribution in [-0.4, -0.2) is 38.2 Å². The van der Waals surface area contributed by atoms with Crippen molar-refractivity contribution >= 4 is 28.1 Å². The van der Waals surface area contributed by atoms with Gasteiger partial charge in [-0.1, -0.05) is 11.2 Å². The number of hydrogen-bond donors (Lipinski definition) is 3. The lowest BCUT2D eigenvalue weighted by molar-refractivity contribution is 0.342. The molecule has 0 aliphatic rings. The Morgan fingerprint density at radius 1 is 1.19 bits per heavy atom. The van der Waals surface area contributed by atoms with Gasteiger partial charge in [-0.3, -0.25) is 9.51 Å². The zero-order valence-electron chi connectivity index (χ0n) is 17.2. The van der Waals surface area contributed by atoms with Gasteiger partial charge in [0.2, 0.25) is 0 Å². The molecule has 5 rings (SSSR count). The summed E-state index contributed by atoms with van der Waals surface area (Å²) in [6, 6.07) is 12.3. The van der Waals surface area contributed by atoms with Crippen LogP contribution in [0.5, 0.6) is 5.75 Å². The van der Waals surface area contributed by atoms with E-state index in [9.17, 15) is 4.79 Å². The summed E-state index contributed by atoms with van der Waals surface area (Å²) in [5, 5.41) is 8.35. The van der Waals surface area contributed by atoms with Crippen LogP contribution in [0.15, 0.2) is 58.2 Å². The van der Waals surface area contributed by atoms with Crippen LogP contribution in [0.1, 0.15) is 12.5 Å². The van der Waals surface area contributed by atoms with Crippen molar-refractivity contribution in [3.63, 3.8) is 0 Å². The molecule has 1 aromatic carbocycles. The average molecular weight is 449 g/mol. The molecule has 0 bridgehead atoms. The second-order valence-corrected chi connectivity index (χ2v) is 8.10. The van der Waals surface area contributed by atoms with Crippen molar-refractivity contribution in [3.05, 3.63) is 65.0 Å². The molecule has 10 heteroatoms. The predicted octanol–water partition coefficient (Wildman–Crippen LogP) is 4.08. The molecule has 0 unspecified atom stereocenters. The van der Waals surface area contributed by atoms with Crippen LogP contribution in [0.2, 0.25) is 0 Å². The lowest BCUT2D eigenvalue weighted by Gasteiger charge is -2.07. The van der Waals surface area contributed by atoms with Crippen LogP contribution in [0.4, 0.5) is 5.82 Å². The molecule has 0 saturated heterocycles. The molecule has 0 fully saturated rings. The van der Waals surface area contributed by atoms with E-state index in [0.29, 0.717) is 23.1 Å². The Morgan fingerprint density at radius 3 is 2.97 bits per heavy atom. The zero-order chi connectivity index (χ0) is 21.9. The Balaban J connectivity index is 1.32. The van der Waals surface area contributed by atoms with Crippen LogP contribution in [-0.2, 0) is 6.42 Å². The molecule has 0 amide bonds. The summed E-state index contributed by atoms with van der Waals surface area (Å²) in [7, 11) is 0. The molecule has 0 atom stereocenters. The molecular formula is C22H20N6O3S. The summed E-state index contributed by atoms with van der Waals surface area (Å²) in [5.41, 5.74) is 3.14. The summed E-state index contributed by atoms with van der Waals surface area (Å²) >= 11 is 1.41. The number of H-pyrrole nitrogens is 2. The van der Waals surface area contributed by atoms with E-state index in [4.69, 9.17) is 4.74 Å². The summed E-state index contributed by atoms with van der Waals surface area (Å²) in [5.74, 6) is 1.08. The lowest BCUT2D eigenvalue weighted by atomic mass is 10.1. The lowest BCUT2D eigenvalue weighted by Crippen LogP contribution is -2.06. The molecule has 3 N–H and O–H groups in total. The summed E-state index contributed by atoms with van der Waals surface area (Å²) in [6.45, 7) is 3.12. The molecule has 0 radical (unpaired) electrons. The van der Waals surface area contributed by atoms with Crippen molar-refractivity contribution < 1.29 is 9.26 Å². The van der Waals surface area contributed by atoms with Crippen molar-refractivity contribution in [3.8, 4) is 27.0 Å². The number of thiophene rings is 1. The van der Waals surface area contributed by atoms with E-state index in [1.165, 1.54) is 28.6 Å². The van der Waals surface area contributed by atoms with E-state index < -0.39 is 5.76 Å². The fourth-order valence-corrected chi connectivity index (χ4v) is 4.44. The van der Waals surface area contributed by atoms with E-state index in [2.05, 4.69) is 59.2 Å². The molecule has 162 valence electrons. The van der Waals surface area contributed by atoms with Crippen molar-refractivity contribution in [1.29, 1.82) is 0 Å².